The molecule has 2 aromatic rings. The molecule has 0 aliphatic heterocycles. The molecule has 86 valence electrons. The van der Waals surface area contributed by atoms with Crippen LogP contribution in [0.1, 0.15) is 11.3 Å². The molecule has 0 radical (unpaired) electrons. The van der Waals surface area contributed by atoms with Gasteiger partial charge in [0.05, 0.1) is 11.6 Å². The summed E-state index contributed by atoms with van der Waals surface area (Å²) in [5, 5.41) is 6.56. The summed E-state index contributed by atoms with van der Waals surface area (Å²) >= 11 is 5.41. The van der Waals surface area contributed by atoms with Crippen LogP contribution in [0.2, 0.25) is 0 Å². The molecule has 0 aromatic carbocycles. The zero-order valence-corrected chi connectivity index (χ0v) is 8.30. The van der Waals surface area contributed by atoms with Gasteiger partial charge in [-0.2, -0.15) is 13.2 Å². The average molecular weight is 253 g/mol. The molecule has 0 aliphatic carbocycles. The Morgan fingerprint density at radius 1 is 1.31 bits per heavy atom. The Morgan fingerprint density at radius 3 is 2.56 bits per heavy atom. The van der Waals surface area contributed by atoms with E-state index in [1.165, 1.54) is 0 Å². The highest BCUT2D eigenvalue weighted by Crippen LogP contribution is 2.35. The van der Waals surface area contributed by atoms with Crippen molar-refractivity contribution in [2.75, 3.05) is 5.73 Å². The van der Waals surface area contributed by atoms with Gasteiger partial charge in [-0.05, 0) is 10.3 Å². The number of anilines is 1. The lowest BCUT2D eigenvalue weighted by Crippen LogP contribution is -2.13. The molecule has 0 fully saturated rings. The van der Waals surface area contributed by atoms with E-state index in [1.54, 1.807) is 0 Å². The SMILES string of the molecule is Nc1c(CCl)c(C(F)(F)F)nc2nonc12. The molecule has 0 saturated carbocycles. The molecule has 0 atom stereocenters. The molecule has 0 bridgehead atoms. The van der Waals surface area contributed by atoms with E-state index >= 15 is 0 Å². The Balaban J connectivity index is 2.82. The van der Waals surface area contributed by atoms with Crippen LogP contribution < -0.4 is 5.73 Å². The normalized spacial score (nSPS) is 12.2. The highest BCUT2D eigenvalue weighted by Gasteiger charge is 2.37. The molecule has 2 rings (SSSR count). The zero-order chi connectivity index (χ0) is 11.9. The smallest absolute Gasteiger partial charge is 0.396 e. The minimum absolute atomic E-state index is 0.0244. The molecule has 5 nitrogen and oxygen atoms in total. The Labute approximate surface area is 91.3 Å². The van der Waals surface area contributed by atoms with Gasteiger partial charge in [0, 0.05) is 5.56 Å². The lowest BCUT2D eigenvalue weighted by molar-refractivity contribution is -0.141. The van der Waals surface area contributed by atoms with E-state index in [0.29, 0.717) is 0 Å². The number of nitrogens with two attached hydrogens (primary N) is 1. The number of fused-ring (bicyclic) bond motifs is 1. The van der Waals surface area contributed by atoms with Gasteiger partial charge >= 0.3 is 6.18 Å². The second-order valence-electron chi connectivity index (χ2n) is 2.92. The van der Waals surface area contributed by atoms with E-state index in [9.17, 15) is 13.2 Å². The maximum absolute atomic E-state index is 12.6. The molecule has 16 heavy (non-hydrogen) atoms. The van der Waals surface area contributed by atoms with Crippen LogP contribution in [-0.4, -0.2) is 15.3 Å². The number of halogens is 4. The van der Waals surface area contributed by atoms with Crippen LogP contribution in [0.5, 0.6) is 0 Å². The summed E-state index contributed by atoms with van der Waals surface area (Å²) in [6.07, 6.45) is -4.65. The third-order valence-corrected chi connectivity index (χ3v) is 2.22. The van der Waals surface area contributed by atoms with Crippen LogP contribution in [0.4, 0.5) is 18.9 Å². The van der Waals surface area contributed by atoms with E-state index in [1.807, 2.05) is 0 Å². The first-order valence-corrected chi connectivity index (χ1v) is 4.52. The fourth-order valence-corrected chi connectivity index (χ4v) is 1.51. The van der Waals surface area contributed by atoms with Gasteiger partial charge in [-0.15, -0.1) is 11.6 Å². The van der Waals surface area contributed by atoms with Crippen molar-refractivity contribution in [3.05, 3.63) is 11.3 Å². The number of nitrogens with zero attached hydrogens (tertiary/aromatic N) is 3. The topological polar surface area (TPSA) is 77.8 Å². The second-order valence-corrected chi connectivity index (χ2v) is 3.19. The van der Waals surface area contributed by atoms with Crippen molar-refractivity contribution in [1.82, 2.24) is 15.3 Å². The standard InChI is InChI=1S/C7H4ClF3N4O/c8-1-2-3(12)4-6(15-16-14-4)13-5(2)7(9,10)11/h1,12H2. The number of rotatable bonds is 1. The molecule has 9 heteroatoms. The molecule has 2 aromatic heterocycles. The van der Waals surface area contributed by atoms with Crippen LogP contribution in [0.3, 0.4) is 0 Å². The Hall–Kier alpha value is -1.57. The monoisotopic (exact) mass is 252 g/mol. The molecular weight excluding hydrogens is 249 g/mol. The summed E-state index contributed by atoms with van der Waals surface area (Å²) in [6.45, 7) is 0. The third-order valence-electron chi connectivity index (χ3n) is 1.96. The Kier molecular flexibility index (Phi) is 2.38. The molecule has 0 unspecified atom stereocenters. The van der Waals surface area contributed by atoms with Crippen molar-refractivity contribution in [2.24, 2.45) is 0 Å². The van der Waals surface area contributed by atoms with Gasteiger partial charge < -0.3 is 5.73 Å². The number of alkyl halides is 4. The number of pyridine rings is 1. The number of hydrogen-bond donors (Lipinski definition) is 1. The molecule has 0 spiro atoms. The van der Waals surface area contributed by atoms with Gasteiger partial charge in [-0.1, -0.05) is 0 Å². The lowest BCUT2D eigenvalue weighted by atomic mass is 10.1. The second kappa shape index (κ2) is 3.48. The van der Waals surface area contributed by atoms with Crippen molar-refractivity contribution >= 4 is 28.5 Å². The summed E-state index contributed by atoms with van der Waals surface area (Å²) in [7, 11) is 0. The molecule has 2 N–H and O–H groups in total. The van der Waals surface area contributed by atoms with Crippen molar-refractivity contribution in [1.29, 1.82) is 0 Å². The van der Waals surface area contributed by atoms with Gasteiger partial charge in [0.1, 0.15) is 0 Å². The van der Waals surface area contributed by atoms with Gasteiger partial charge in [-0.25, -0.2) is 9.61 Å². The van der Waals surface area contributed by atoms with Crippen LogP contribution in [0.15, 0.2) is 4.63 Å². The van der Waals surface area contributed by atoms with E-state index in [0.717, 1.165) is 0 Å². The van der Waals surface area contributed by atoms with Crippen molar-refractivity contribution in [3.63, 3.8) is 0 Å². The van der Waals surface area contributed by atoms with E-state index in [-0.39, 0.29) is 22.4 Å². The maximum atomic E-state index is 12.6. The first kappa shape index (κ1) is 10.9. The predicted molar refractivity (Wildman–Crippen MR) is 48.6 cm³/mol. The Bertz CT molecular complexity index is 538. The van der Waals surface area contributed by atoms with Crippen LogP contribution in [0.25, 0.3) is 11.2 Å². The highest BCUT2D eigenvalue weighted by molar-refractivity contribution is 6.17. The predicted octanol–water partition coefficient (Wildman–Crippen LogP) is 1.96. The van der Waals surface area contributed by atoms with Gasteiger partial charge in [0.2, 0.25) is 5.65 Å². The first-order valence-electron chi connectivity index (χ1n) is 3.99. The summed E-state index contributed by atoms with van der Waals surface area (Å²) in [4.78, 5) is 3.28. The average Bonchev–Trinajstić information content (AvgIpc) is 2.64. The molecule has 0 amide bonds. The van der Waals surface area contributed by atoms with Crippen LogP contribution in [-0.2, 0) is 12.1 Å². The van der Waals surface area contributed by atoms with Crippen LogP contribution >= 0.6 is 11.6 Å². The van der Waals surface area contributed by atoms with E-state index in [2.05, 4.69) is 19.9 Å². The molecule has 0 aliphatic rings. The van der Waals surface area contributed by atoms with Gasteiger partial charge in [-0.3, -0.25) is 0 Å². The number of nitrogen functional groups attached to an aromatic ring is 1. The van der Waals surface area contributed by atoms with E-state index in [4.69, 9.17) is 17.3 Å². The summed E-state index contributed by atoms with van der Waals surface area (Å²) in [5.74, 6) is -0.420. The summed E-state index contributed by atoms with van der Waals surface area (Å²) in [6, 6.07) is 0. The largest absolute Gasteiger partial charge is 0.433 e. The van der Waals surface area contributed by atoms with Crippen molar-refractivity contribution < 1.29 is 17.8 Å². The summed E-state index contributed by atoms with van der Waals surface area (Å²) in [5.41, 5.74) is 3.47. The van der Waals surface area contributed by atoms with E-state index < -0.39 is 17.8 Å². The quantitative estimate of drug-likeness (QED) is 0.785. The molecule has 2 heterocycles. The summed E-state index contributed by atoms with van der Waals surface area (Å²) < 4.78 is 42.0. The van der Waals surface area contributed by atoms with Crippen LogP contribution in [0, 0.1) is 0 Å². The minimum Gasteiger partial charge on any atom is -0.396 e. The third kappa shape index (κ3) is 1.54. The fraction of sp³-hybridized carbons (Fsp3) is 0.286. The van der Waals surface area contributed by atoms with Crippen molar-refractivity contribution in [2.45, 2.75) is 12.1 Å². The highest BCUT2D eigenvalue weighted by atomic mass is 35.5. The zero-order valence-electron chi connectivity index (χ0n) is 7.55. The number of aromatic nitrogens is 3. The first-order chi connectivity index (χ1) is 7.45. The fourth-order valence-electron chi connectivity index (χ4n) is 1.24. The van der Waals surface area contributed by atoms with Gasteiger partial charge in [0.15, 0.2) is 11.2 Å². The van der Waals surface area contributed by atoms with Gasteiger partial charge in [0.25, 0.3) is 0 Å². The maximum Gasteiger partial charge on any atom is 0.433 e. The molecular formula is C7H4ClF3N4O. The minimum atomic E-state index is -4.65. The molecule has 0 saturated heterocycles. The lowest BCUT2D eigenvalue weighted by Gasteiger charge is -2.11. The van der Waals surface area contributed by atoms with Crippen molar-refractivity contribution in [3.8, 4) is 0 Å². The Morgan fingerprint density at radius 2 is 2.00 bits per heavy atom. The number of hydrogen-bond acceptors (Lipinski definition) is 5.